The van der Waals surface area contributed by atoms with Gasteiger partial charge in [0.1, 0.15) is 23.1 Å². The summed E-state index contributed by atoms with van der Waals surface area (Å²) in [4.78, 5) is 20.8. The van der Waals surface area contributed by atoms with Gasteiger partial charge in [0.15, 0.2) is 0 Å². The fourth-order valence-electron chi connectivity index (χ4n) is 2.20. The van der Waals surface area contributed by atoms with Crippen molar-refractivity contribution in [3.8, 4) is 5.75 Å². The van der Waals surface area contributed by atoms with E-state index >= 15 is 0 Å². The van der Waals surface area contributed by atoms with Crippen molar-refractivity contribution in [2.45, 2.75) is 27.7 Å². The van der Waals surface area contributed by atoms with Gasteiger partial charge >= 0.3 is 0 Å². The summed E-state index contributed by atoms with van der Waals surface area (Å²) in [7, 11) is 1.57. The Labute approximate surface area is 153 Å². The molecule has 1 heterocycles. The van der Waals surface area contributed by atoms with E-state index in [2.05, 4.69) is 20.6 Å². The molecule has 0 saturated heterocycles. The number of methoxy groups -OCH3 is 1. The van der Waals surface area contributed by atoms with Crippen molar-refractivity contribution in [2.75, 3.05) is 19.0 Å². The Kier molecular flexibility index (Phi) is 6.20. The number of benzene rings is 1. The molecule has 2 rings (SSSR count). The molecule has 0 aliphatic carbocycles. The Hall–Kier alpha value is -2.34. The summed E-state index contributed by atoms with van der Waals surface area (Å²) in [5, 5.41) is 6.65. The lowest BCUT2D eigenvalue weighted by molar-refractivity contribution is 0.0943. The van der Waals surface area contributed by atoms with Crippen LogP contribution in [0, 0.1) is 19.8 Å². The van der Waals surface area contributed by atoms with Gasteiger partial charge in [-0.05, 0) is 31.4 Å². The molecule has 1 amide bonds. The second-order valence-corrected chi connectivity index (χ2v) is 6.62. The normalized spacial score (nSPS) is 10.7. The average molecular weight is 363 g/mol. The maximum Gasteiger partial charge on any atom is 0.270 e. The fourth-order valence-corrected chi connectivity index (χ4v) is 2.36. The zero-order valence-corrected chi connectivity index (χ0v) is 15.9. The standard InChI is InChI=1S/C18H23ClN4O2/c1-10(2)9-20-18(24)15-8-17(22-12(4)21-15)23-14-6-11(3)13(19)7-16(14)25-5/h6-8,10H,9H2,1-5H3,(H,20,24)(H,21,22,23). The van der Waals surface area contributed by atoms with Crippen LogP contribution in [0.15, 0.2) is 18.2 Å². The van der Waals surface area contributed by atoms with Crippen LogP contribution in [0.3, 0.4) is 0 Å². The molecule has 0 atom stereocenters. The highest BCUT2D eigenvalue weighted by atomic mass is 35.5. The highest BCUT2D eigenvalue weighted by molar-refractivity contribution is 6.31. The number of nitrogens with one attached hydrogen (secondary N) is 2. The smallest absolute Gasteiger partial charge is 0.270 e. The summed E-state index contributed by atoms with van der Waals surface area (Å²) in [6.45, 7) is 8.31. The van der Waals surface area contributed by atoms with E-state index in [1.807, 2.05) is 26.8 Å². The monoisotopic (exact) mass is 362 g/mol. The van der Waals surface area contributed by atoms with Gasteiger partial charge in [-0.25, -0.2) is 9.97 Å². The van der Waals surface area contributed by atoms with Gasteiger partial charge in [-0.3, -0.25) is 4.79 Å². The van der Waals surface area contributed by atoms with Crippen molar-refractivity contribution in [1.29, 1.82) is 0 Å². The quantitative estimate of drug-likeness (QED) is 0.815. The summed E-state index contributed by atoms with van der Waals surface area (Å²) in [6.07, 6.45) is 0. The first kappa shape index (κ1) is 19.0. The topological polar surface area (TPSA) is 76.1 Å². The second-order valence-electron chi connectivity index (χ2n) is 6.22. The van der Waals surface area contributed by atoms with Crippen molar-refractivity contribution in [1.82, 2.24) is 15.3 Å². The maximum absolute atomic E-state index is 12.3. The molecule has 25 heavy (non-hydrogen) atoms. The summed E-state index contributed by atoms with van der Waals surface area (Å²) >= 11 is 6.13. The first-order valence-electron chi connectivity index (χ1n) is 8.05. The van der Waals surface area contributed by atoms with Crippen molar-refractivity contribution in [3.63, 3.8) is 0 Å². The van der Waals surface area contributed by atoms with Crippen LogP contribution < -0.4 is 15.4 Å². The van der Waals surface area contributed by atoms with Gasteiger partial charge in [0, 0.05) is 23.7 Å². The van der Waals surface area contributed by atoms with Crippen LogP contribution in [-0.2, 0) is 0 Å². The molecule has 0 unspecified atom stereocenters. The number of ether oxygens (including phenoxy) is 1. The number of carbonyl (C=O) groups excluding carboxylic acids is 1. The molecule has 0 aliphatic rings. The number of anilines is 2. The highest BCUT2D eigenvalue weighted by Gasteiger charge is 2.13. The van der Waals surface area contributed by atoms with Crippen LogP contribution in [0.5, 0.6) is 5.75 Å². The Bertz CT molecular complexity index is 778. The average Bonchev–Trinajstić information content (AvgIpc) is 2.55. The van der Waals surface area contributed by atoms with E-state index in [0.29, 0.717) is 40.6 Å². The summed E-state index contributed by atoms with van der Waals surface area (Å²) in [5.74, 6) is 1.76. The molecule has 134 valence electrons. The van der Waals surface area contributed by atoms with Gasteiger partial charge in [0.05, 0.1) is 12.8 Å². The van der Waals surface area contributed by atoms with E-state index in [9.17, 15) is 4.79 Å². The van der Waals surface area contributed by atoms with E-state index in [-0.39, 0.29) is 5.91 Å². The second kappa shape index (κ2) is 8.16. The lowest BCUT2D eigenvalue weighted by Gasteiger charge is -2.14. The predicted molar refractivity (Wildman–Crippen MR) is 100.0 cm³/mol. The molecule has 1 aromatic carbocycles. The van der Waals surface area contributed by atoms with Gasteiger partial charge in [-0.2, -0.15) is 0 Å². The molecular formula is C18H23ClN4O2. The molecule has 0 aliphatic heterocycles. The van der Waals surface area contributed by atoms with Crippen LogP contribution in [0.25, 0.3) is 0 Å². The first-order chi connectivity index (χ1) is 11.8. The lowest BCUT2D eigenvalue weighted by Crippen LogP contribution is -2.28. The number of aryl methyl sites for hydroxylation is 2. The third-order valence-corrected chi connectivity index (χ3v) is 3.89. The third kappa shape index (κ3) is 5.06. The predicted octanol–water partition coefficient (Wildman–Crippen LogP) is 3.88. The minimum Gasteiger partial charge on any atom is -0.495 e. The maximum atomic E-state index is 12.3. The number of hydrogen-bond acceptors (Lipinski definition) is 5. The van der Waals surface area contributed by atoms with Crippen LogP contribution in [0.1, 0.15) is 35.7 Å². The molecule has 0 fully saturated rings. The van der Waals surface area contributed by atoms with Crippen molar-refractivity contribution < 1.29 is 9.53 Å². The molecule has 1 aromatic heterocycles. The van der Waals surface area contributed by atoms with E-state index < -0.39 is 0 Å². The summed E-state index contributed by atoms with van der Waals surface area (Å²) in [6, 6.07) is 5.23. The number of hydrogen-bond donors (Lipinski definition) is 2. The number of nitrogens with zero attached hydrogens (tertiary/aromatic N) is 2. The molecule has 2 N–H and O–H groups in total. The molecule has 0 saturated carbocycles. The first-order valence-corrected chi connectivity index (χ1v) is 8.43. The van der Waals surface area contributed by atoms with Gasteiger partial charge in [0.25, 0.3) is 5.91 Å². The largest absolute Gasteiger partial charge is 0.495 e. The van der Waals surface area contributed by atoms with Crippen LogP contribution in [0.4, 0.5) is 11.5 Å². The Morgan fingerprint density at radius 1 is 1.24 bits per heavy atom. The van der Waals surface area contributed by atoms with Crippen molar-refractivity contribution in [2.24, 2.45) is 5.92 Å². The molecule has 7 heteroatoms. The van der Waals surface area contributed by atoms with Crippen LogP contribution >= 0.6 is 11.6 Å². The lowest BCUT2D eigenvalue weighted by atomic mass is 10.2. The Balaban J connectivity index is 2.29. The third-order valence-electron chi connectivity index (χ3n) is 3.48. The minimum atomic E-state index is -0.221. The summed E-state index contributed by atoms with van der Waals surface area (Å²) < 4.78 is 5.36. The zero-order chi connectivity index (χ0) is 18.6. The Morgan fingerprint density at radius 3 is 2.60 bits per heavy atom. The Morgan fingerprint density at radius 2 is 1.96 bits per heavy atom. The molecule has 6 nitrogen and oxygen atoms in total. The minimum absolute atomic E-state index is 0.221. The van der Waals surface area contributed by atoms with E-state index in [4.69, 9.17) is 16.3 Å². The molecule has 0 spiro atoms. The van der Waals surface area contributed by atoms with E-state index in [0.717, 1.165) is 11.3 Å². The van der Waals surface area contributed by atoms with Gasteiger partial charge < -0.3 is 15.4 Å². The zero-order valence-electron chi connectivity index (χ0n) is 15.1. The van der Waals surface area contributed by atoms with Gasteiger partial charge in [-0.1, -0.05) is 25.4 Å². The number of halogens is 1. The number of aromatic nitrogens is 2. The SMILES string of the molecule is COc1cc(Cl)c(C)cc1Nc1cc(C(=O)NCC(C)C)nc(C)n1. The van der Waals surface area contributed by atoms with Crippen molar-refractivity contribution in [3.05, 3.63) is 40.3 Å². The van der Waals surface area contributed by atoms with Crippen LogP contribution in [-0.4, -0.2) is 29.5 Å². The molecule has 0 bridgehead atoms. The highest BCUT2D eigenvalue weighted by Crippen LogP contribution is 2.32. The molecule has 2 aromatic rings. The van der Waals surface area contributed by atoms with Crippen molar-refractivity contribution >= 4 is 29.0 Å². The van der Waals surface area contributed by atoms with Crippen LogP contribution in [0.2, 0.25) is 5.02 Å². The fraction of sp³-hybridized carbons (Fsp3) is 0.389. The number of carbonyl (C=O) groups is 1. The number of rotatable bonds is 6. The van der Waals surface area contributed by atoms with E-state index in [1.54, 1.807) is 26.2 Å². The number of amides is 1. The van der Waals surface area contributed by atoms with Gasteiger partial charge in [-0.15, -0.1) is 0 Å². The van der Waals surface area contributed by atoms with Gasteiger partial charge in [0.2, 0.25) is 0 Å². The van der Waals surface area contributed by atoms with E-state index in [1.165, 1.54) is 0 Å². The molecule has 0 radical (unpaired) electrons. The molecular weight excluding hydrogens is 340 g/mol. The summed E-state index contributed by atoms with van der Waals surface area (Å²) in [5.41, 5.74) is 1.95.